The average Bonchev–Trinajstić information content (AvgIpc) is 2.53. The minimum atomic E-state index is -0.830. The zero-order chi connectivity index (χ0) is 17.5. The van der Waals surface area contributed by atoms with Gasteiger partial charge < -0.3 is 10.4 Å². The Hall–Kier alpha value is -2.27. The second-order valence-electron chi connectivity index (χ2n) is 5.74. The van der Waals surface area contributed by atoms with Crippen LogP contribution in [0.15, 0.2) is 53.4 Å². The SMILES string of the molecule is CC(C)Sc1ccc(C(=O)Nc2cccc(CCC(=O)O)c2)cc1. The molecule has 0 saturated carbocycles. The van der Waals surface area contributed by atoms with Crippen molar-refractivity contribution in [2.24, 2.45) is 0 Å². The smallest absolute Gasteiger partial charge is 0.303 e. The van der Waals surface area contributed by atoms with Gasteiger partial charge in [-0.25, -0.2) is 0 Å². The predicted octanol–water partition coefficient (Wildman–Crippen LogP) is 4.46. The third kappa shape index (κ3) is 5.74. The van der Waals surface area contributed by atoms with Gasteiger partial charge in [-0.15, -0.1) is 11.8 Å². The largest absolute Gasteiger partial charge is 0.481 e. The Kier molecular flexibility index (Phi) is 6.44. The number of carboxylic acid groups (broad SMARTS) is 1. The first-order valence-electron chi connectivity index (χ1n) is 7.83. The summed E-state index contributed by atoms with van der Waals surface area (Å²) in [7, 11) is 0. The predicted molar refractivity (Wildman–Crippen MR) is 97.8 cm³/mol. The minimum absolute atomic E-state index is 0.0758. The standard InChI is InChI=1S/C19H21NO3S/c1-13(2)24-17-9-7-15(8-10-17)19(23)20-16-5-3-4-14(12-16)6-11-18(21)22/h3-5,7-10,12-13H,6,11H2,1-2H3,(H,20,23)(H,21,22). The van der Waals surface area contributed by atoms with Gasteiger partial charge in [-0.2, -0.15) is 0 Å². The van der Waals surface area contributed by atoms with Crippen LogP contribution in [0.3, 0.4) is 0 Å². The van der Waals surface area contributed by atoms with Gasteiger partial charge in [0.05, 0.1) is 0 Å². The lowest BCUT2D eigenvalue weighted by Gasteiger charge is -2.08. The van der Waals surface area contributed by atoms with Gasteiger partial charge in [0.1, 0.15) is 0 Å². The Labute approximate surface area is 146 Å². The van der Waals surface area contributed by atoms with Crippen LogP contribution < -0.4 is 5.32 Å². The monoisotopic (exact) mass is 343 g/mol. The zero-order valence-electron chi connectivity index (χ0n) is 13.8. The van der Waals surface area contributed by atoms with Gasteiger partial charge in [-0.3, -0.25) is 9.59 Å². The second kappa shape index (κ2) is 8.55. The van der Waals surface area contributed by atoms with E-state index in [1.807, 2.05) is 42.5 Å². The van der Waals surface area contributed by atoms with E-state index in [1.54, 1.807) is 17.8 Å². The van der Waals surface area contributed by atoms with E-state index in [1.165, 1.54) is 0 Å². The number of carbonyl (C=O) groups is 2. The van der Waals surface area contributed by atoms with Crippen molar-refractivity contribution in [3.8, 4) is 0 Å². The van der Waals surface area contributed by atoms with Crippen LogP contribution in [0.2, 0.25) is 0 Å². The van der Waals surface area contributed by atoms with Crippen molar-refractivity contribution in [1.82, 2.24) is 0 Å². The van der Waals surface area contributed by atoms with E-state index in [0.29, 0.717) is 22.9 Å². The number of hydrogen-bond donors (Lipinski definition) is 2. The fraction of sp³-hybridized carbons (Fsp3) is 0.263. The molecule has 0 radical (unpaired) electrons. The number of amides is 1. The molecule has 2 N–H and O–H groups in total. The molecule has 126 valence electrons. The maximum absolute atomic E-state index is 12.3. The van der Waals surface area contributed by atoms with Gasteiger partial charge in [0.2, 0.25) is 0 Å². The second-order valence-corrected chi connectivity index (χ2v) is 7.39. The summed E-state index contributed by atoms with van der Waals surface area (Å²) in [6.45, 7) is 4.26. The summed E-state index contributed by atoms with van der Waals surface area (Å²) in [5.74, 6) is -1.00. The molecular weight excluding hydrogens is 322 g/mol. The van der Waals surface area contributed by atoms with E-state index in [-0.39, 0.29) is 12.3 Å². The molecular formula is C19H21NO3S. The number of thioether (sulfide) groups is 1. The Morgan fingerprint density at radius 1 is 1.12 bits per heavy atom. The molecule has 2 aromatic carbocycles. The summed E-state index contributed by atoms with van der Waals surface area (Å²) in [4.78, 5) is 24.1. The van der Waals surface area contributed by atoms with Crippen molar-refractivity contribution in [2.75, 3.05) is 5.32 Å². The molecule has 0 aliphatic rings. The lowest BCUT2D eigenvalue weighted by Crippen LogP contribution is -2.12. The summed E-state index contributed by atoms with van der Waals surface area (Å²) in [5, 5.41) is 12.1. The van der Waals surface area contributed by atoms with Crippen LogP contribution in [-0.4, -0.2) is 22.2 Å². The maximum atomic E-state index is 12.3. The summed E-state index contributed by atoms with van der Waals surface area (Å²) in [6.07, 6.45) is 0.520. The molecule has 0 bridgehead atoms. The molecule has 0 unspecified atom stereocenters. The Morgan fingerprint density at radius 3 is 2.46 bits per heavy atom. The fourth-order valence-electron chi connectivity index (χ4n) is 2.22. The van der Waals surface area contributed by atoms with Crippen molar-refractivity contribution in [1.29, 1.82) is 0 Å². The lowest BCUT2D eigenvalue weighted by atomic mass is 10.1. The molecule has 4 nitrogen and oxygen atoms in total. The number of carbonyl (C=O) groups excluding carboxylic acids is 1. The van der Waals surface area contributed by atoms with E-state index in [0.717, 1.165) is 10.5 Å². The summed E-state index contributed by atoms with van der Waals surface area (Å²) in [6, 6.07) is 14.8. The normalized spacial score (nSPS) is 10.6. The third-order valence-electron chi connectivity index (χ3n) is 3.30. The Bertz CT molecular complexity index is 711. The molecule has 0 aliphatic carbocycles. The van der Waals surface area contributed by atoms with Crippen LogP contribution >= 0.6 is 11.8 Å². The molecule has 0 aliphatic heterocycles. The van der Waals surface area contributed by atoms with Gasteiger partial charge in [0, 0.05) is 27.8 Å². The minimum Gasteiger partial charge on any atom is -0.481 e. The van der Waals surface area contributed by atoms with Gasteiger partial charge in [-0.05, 0) is 48.4 Å². The highest BCUT2D eigenvalue weighted by Crippen LogP contribution is 2.23. The summed E-state index contributed by atoms with van der Waals surface area (Å²) < 4.78 is 0. The van der Waals surface area contributed by atoms with Crippen LogP contribution in [0.1, 0.15) is 36.2 Å². The van der Waals surface area contributed by atoms with Crippen LogP contribution in [0.25, 0.3) is 0 Å². The summed E-state index contributed by atoms with van der Waals surface area (Å²) in [5.41, 5.74) is 2.15. The molecule has 0 spiro atoms. The van der Waals surface area contributed by atoms with Crippen molar-refractivity contribution < 1.29 is 14.7 Å². The first-order valence-corrected chi connectivity index (χ1v) is 8.71. The Balaban J connectivity index is 2.01. The summed E-state index contributed by atoms with van der Waals surface area (Å²) >= 11 is 1.75. The quantitative estimate of drug-likeness (QED) is 0.729. The molecule has 2 aromatic rings. The van der Waals surface area contributed by atoms with Gasteiger partial charge >= 0.3 is 5.97 Å². The molecule has 1 amide bonds. The van der Waals surface area contributed by atoms with E-state index >= 15 is 0 Å². The van der Waals surface area contributed by atoms with Gasteiger partial charge in [-0.1, -0.05) is 26.0 Å². The van der Waals surface area contributed by atoms with E-state index in [9.17, 15) is 9.59 Å². The van der Waals surface area contributed by atoms with Crippen molar-refractivity contribution in [3.05, 3.63) is 59.7 Å². The topological polar surface area (TPSA) is 66.4 Å². The molecule has 0 fully saturated rings. The van der Waals surface area contributed by atoms with E-state index in [4.69, 9.17) is 5.11 Å². The number of benzene rings is 2. The van der Waals surface area contributed by atoms with Gasteiger partial charge in [0.15, 0.2) is 0 Å². The van der Waals surface area contributed by atoms with Crippen LogP contribution in [0.5, 0.6) is 0 Å². The number of nitrogens with one attached hydrogen (secondary N) is 1. The number of aryl methyl sites for hydroxylation is 1. The van der Waals surface area contributed by atoms with Crippen molar-refractivity contribution in [2.45, 2.75) is 36.8 Å². The van der Waals surface area contributed by atoms with E-state index < -0.39 is 5.97 Å². The highest BCUT2D eigenvalue weighted by molar-refractivity contribution is 7.99. The molecule has 24 heavy (non-hydrogen) atoms. The molecule has 5 heteroatoms. The lowest BCUT2D eigenvalue weighted by molar-refractivity contribution is -0.136. The van der Waals surface area contributed by atoms with Gasteiger partial charge in [0.25, 0.3) is 5.91 Å². The maximum Gasteiger partial charge on any atom is 0.303 e. The molecule has 0 heterocycles. The molecule has 0 saturated heterocycles. The van der Waals surface area contributed by atoms with E-state index in [2.05, 4.69) is 19.2 Å². The Morgan fingerprint density at radius 2 is 1.83 bits per heavy atom. The molecule has 0 aromatic heterocycles. The van der Waals surface area contributed by atoms with Crippen LogP contribution in [0.4, 0.5) is 5.69 Å². The molecule has 0 atom stereocenters. The number of hydrogen-bond acceptors (Lipinski definition) is 3. The van der Waals surface area contributed by atoms with Crippen LogP contribution in [0, 0.1) is 0 Å². The van der Waals surface area contributed by atoms with Crippen molar-refractivity contribution in [3.63, 3.8) is 0 Å². The zero-order valence-corrected chi connectivity index (χ0v) is 14.6. The third-order valence-corrected chi connectivity index (χ3v) is 4.32. The first-order chi connectivity index (χ1) is 11.4. The number of aliphatic carboxylic acids is 1. The average molecular weight is 343 g/mol. The molecule has 2 rings (SSSR count). The highest BCUT2D eigenvalue weighted by atomic mass is 32.2. The number of carboxylic acids is 1. The van der Waals surface area contributed by atoms with Crippen molar-refractivity contribution >= 4 is 29.3 Å². The highest BCUT2D eigenvalue weighted by Gasteiger charge is 2.08. The first kappa shape index (κ1) is 18.1. The number of rotatable bonds is 7. The fourth-order valence-corrected chi connectivity index (χ4v) is 3.05. The van der Waals surface area contributed by atoms with Crippen LogP contribution in [-0.2, 0) is 11.2 Å². The number of anilines is 1.